The van der Waals surface area contributed by atoms with Crippen LogP contribution in [0.3, 0.4) is 0 Å². The summed E-state index contributed by atoms with van der Waals surface area (Å²) >= 11 is 7.25. The van der Waals surface area contributed by atoms with Crippen LogP contribution in [0.15, 0.2) is 22.7 Å². The van der Waals surface area contributed by atoms with Crippen LogP contribution in [-0.2, 0) is 11.3 Å². The third-order valence-corrected chi connectivity index (χ3v) is 2.76. The Bertz CT molecular complexity index is 357. The molecule has 1 amide bonds. The first-order valence-corrected chi connectivity index (χ1v) is 5.80. The Kier molecular flexibility index (Phi) is 4.98. The van der Waals surface area contributed by atoms with Crippen molar-refractivity contribution in [3.63, 3.8) is 0 Å². The van der Waals surface area contributed by atoms with Gasteiger partial charge in [-0.05, 0) is 33.6 Å². The molecule has 0 atom stereocenters. The highest BCUT2D eigenvalue weighted by Crippen LogP contribution is 2.25. The molecule has 3 nitrogen and oxygen atoms in total. The van der Waals surface area contributed by atoms with Gasteiger partial charge in [-0.15, -0.1) is 0 Å². The normalized spacial score (nSPS) is 9.80. The molecule has 1 aromatic carbocycles. The van der Waals surface area contributed by atoms with Crippen molar-refractivity contribution in [1.82, 2.24) is 5.32 Å². The number of nitrogens with one attached hydrogen (secondary N) is 1. The molecule has 1 rings (SSSR count). The van der Waals surface area contributed by atoms with Crippen LogP contribution < -0.4 is 10.1 Å². The second-order valence-corrected chi connectivity index (χ2v) is 4.07. The number of ether oxygens (including phenoxy) is 1. The van der Waals surface area contributed by atoms with E-state index in [9.17, 15) is 4.79 Å². The van der Waals surface area contributed by atoms with Crippen molar-refractivity contribution in [2.24, 2.45) is 0 Å². The number of hydrogen-bond acceptors (Lipinski definition) is 3. The minimum absolute atomic E-state index is 0.0785. The zero-order valence-corrected chi connectivity index (χ0v) is 10.8. The molecule has 0 aliphatic heterocycles. The van der Waals surface area contributed by atoms with Crippen molar-refractivity contribution < 1.29 is 9.53 Å². The number of methoxy groups -OCH3 is 1. The summed E-state index contributed by atoms with van der Waals surface area (Å²) in [5, 5.41) is 2.74. The highest BCUT2D eigenvalue weighted by Gasteiger charge is 2.02. The van der Waals surface area contributed by atoms with Crippen LogP contribution in [0.2, 0.25) is 0 Å². The average molecular weight is 290 g/mol. The van der Waals surface area contributed by atoms with Crippen molar-refractivity contribution in [3.05, 3.63) is 28.2 Å². The lowest BCUT2D eigenvalue weighted by atomic mass is 10.2. The SMILES string of the molecule is COc1ccc(CNC(=O)CS)cc1Br. The number of amides is 1. The lowest BCUT2D eigenvalue weighted by Gasteiger charge is -2.07. The van der Waals surface area contributed by atoms with E-state index in [-0.39, 0.29) is 11.7 Å². The molecule has 0 unspecified atom stereocenters. The summed E-state index contributed by atoms with van der Waals surface area (Å²) in [6, 6.07) is 5.67. The first-order chi connectivity index (χ1) is 7.17. The number of rotatable bonds is 4. The predicted molar refractivity (Wildman–Crippen MR) is 66.4 cm³/mol. The van der Waals surface area contributed by atoms with Crippen molar-refractivity contribution >= 4 is 34.5 Å². The van der Waals surface area contributed by atoms with E-state index in [0.717, 1.165) is 15.8 Å². The maximum Gasteiger partial charge on any atom is 0.229 e. The maximum atomic E-state index is 11.0. The largest absolute Gasteiger partial charge is 0.496 e. The number of benzene rings is 1. The van der Waals surface area contributed by atoms with Gasteiger partial charge in [0.1, 0.15) is 5.75 Å². The minimum Gasteiger partial charge on any atom is -0.496 e. The number of hydrogen-bond donors (Lipinski definition) is 2. The number of carbonyl (C=O) groups is 1. The molecule has 5 heteroatoms. The van der Waals surface area contributed by atoms with Gasteiger partial charge < -0.3 is 10.1 Å². The van der Waals surface area contributed by atoms with Crippen LogP contribution in [0.4, 0.5) is 0 Å². The Balaban J connectivity index is 2.63. The standard InChI is InChI=1S/C10H12BrNO2S/c1-14-9-3-2-7(4-8(9)11)5-12-10(13)6-15/h2-4,15H,5-6H2,1H3,(H,12,13). The fourth-order valence-corrected chi connectivity index (χ4v) is 1.78. The third kappa shape index (κ3) is 3.76. The molecule has 0 aliphatic carbocycles. The highest BCUT2D eigenvalue weighted by atomic mass is 79.9. The molecule has 0 aromatic heterocycles. The Labute approximate surface area is 103 Å². The third-order valence-electron chi connectivity index (χ3n) is 1.85. The van der Waals surface area contributed by atoms with Gasteiger partial charge >= 0.3 is 0 Å². The minimum atomic E-state index is -0.0785. The lowest BCUT2D eigenvalue weighted by molar-refractivity contribution is -0.118. The molecule has 82 valence electrons. The van der Waals surface area contributed by atoms with Gasteiger partial charge in [0.25, 0.3) is 0 Å². The Morgan fingerprint density at radius 2 is 2.33 bits per heavy atom. The topological polar surface area (TPSA) is 38.3 Å². The van der Waals surface area contributed by atoms with Crippen LogP contribution in [-0.4, -0.2) is 18.8 Å². The number of carbonyl (C=O) groups excluding carboxylic acids is 1. The molecule has 0 heterocycles. The molecule has 1 aromatic rings. The van der Waals surface area contributed by atoms with E-state index in [1.165, 1.54) is 0 Å². The van der Waals surface area contributed by atoms with Crippen LogP contribution >= 0.6 is 28.6 Å². The molecule has 15 heavy (non-hydrogen) atoms. The molecule has 0 radical (unpaired) electrons. The summed E-state index contributed by atoms with van der Waals surface area (Å²) in [6.07, 6.45) is 0. The van der Waals surface area contributed by atoms with Gasteiger partial charge in [-0.3, -0.25) is 4.79 Å². The molecule has 0 saturated carbocycles. The fraction of sp³-hybridized carbons (Fsp3) is 0.300. The van der Waals surface area contributed by atoms with Crippen LogP contribution in [0.5, 0.6) is 5.75 Å². The Hall–Kier alpha value is -0.680. The molecule has 0 bridgehead atoms. The number of halogens is 1. The van der Waals surface area contributed by atoms with Crippen LogP contribution in [0.25, 0.3) is 0 Å². The fourth-order valence-electron chi connectivity index (χ4n) is 1.08. The van der Waals surface area contributed by atoms with Crippen molar-refractivity contribution in [2.45, 2.75) is 6.54 Å². The maximum absolute atomic E-state index is 11.0. The van der Waals surface area contributed by atoms with Gasteiger partial charge in [-0.1, -0.05) is 6.07 Å². The zero-order valence-electron chi connectivity index (χ0n) is 8.29. The highest BCUT2D eigenvalue weighted by molar-refractivity contribution is 9.10. The average Bonchev–Trinajstić information content (AvgIpc) is 2.26. The summed E-state index contributed by atoms with van der Waals surface area (Å²) in [5.41, 5.74) is 1.01. The van der Waals surface area contributed by atoms with Gasteiger partial charge in [-0.2, -0.15) is 12.6 Å². The Morgan fingerprint density at radius 3 is 2.87 bits per heavy atom. The molecule has 0 aliphatic rings. The first-order valence-electron chi connectivity index (χ1n) is 4.37. The van der Waals surface area contributed by atoms with E-state index in [0.29, 0.717) is 6.54 Å². The second-order valence-electron chi connectivity index (χ2n) is 2.90. The summed E-state index contributed by atoms with van der Waals surface area (Å²) in [4.78, 5) is 11.0. The predicted octanol–water partition coefficient (Wildman–Crippen LogP) is 2.00. The summed E-state index contributed by atoms with van der Waals surface area (Å²) in [5.74, 6) is 0.904. The molecule has 1 N–H and O–H groups in total. The van der Waals surface area contributed by atoms with E-state index >= 15 is 0 Å². The summed E-state index contributed by atoms with van der Waals surface area (Å²) in [7, 11) is 1.61. The van der Waals surface area contributed by atoms with E-state index in [4.69, 9.17) is 4.74 Å². The van der Waals surface area contributed by atoms with Gasteiger partial charge in [-0.25, -0.2) is 0 Å². The molecular formula is C10H12BrNO2S. The van der Waals surface area contributed by atoms with Crippen molar-refractivity contribution in [3.8, 4) is 5.75 Å². The van der Waals surface area contributed by atoms with Crippen LogP contribution in [0, 0.1) is 0 Å². The van der Waals surface area contributed by atoms with Gasteiger partial charge in [0.05, 0.1) is 17.3 Å². The van der Waals surface area contributed by atoms with E-state index in [1.807, 2.05) is 18.2 Å². The molecule has 0 fully saturated rings. The van der Waals surface area contributed by atoms with Crippen LogP contribution in [0.1, 0.15) is 5.56 Å². The lowest BCUT2D eigenvalue weighted by Crippen LogP contribution is -2.23. The quantitative estimate of drug-likeness (QED) is 0.832. The summed E-state index contributed by atoms with van der Waals surface area (Å²) in [6.45, 7) is 0.502. The van der Waals surface area contributed by atoms with Crippen molar-refractivity contribution in [2.75, 3.05) is 12.9 Å². The van der Waals surface area contributed by atoms with E-state index in [1.54, 1.807) is 7.11 Å². The Morgan fingerprint density at radius 1 is 1.60 bits per heavy atom. The van der Waals surface area contributed by atoms with Gasteiger partial charge in [0.2, 0.25) is 5.91 Å². The van der Waals surface area contributed by atoms with Crippen molar-refractivity contribution in [1.29, 1.82) is 0 Å². The molecule has 0 spiro atoms. The number of thiol groups is 1. The second kappa shape index (κ2) is 6.02. The smallest absolute Gasteiger partial charge is 0.229 e. The monoisotopic (exact) mass is 289 g/mol. The zero-order chi connectivity index (χ0) is 11.3. The first kappa shape index (κ1) is 12.4. The molecular weight excluding hydrogens is 278 g/mol. The van der Waals surface area contributed by atoms with Gasteiger partial charge in [0, 0.05) is 6.54 Å². The van der Waals surface area contributed by atoms with E-state index in [2.05, 4.69) is 33.9 Å². The van der Waals surface area contributed by atoms with Gasteiger partial charge in [0.15, 0.2) is 0 Å². The summed E-state index contributed by atoms with van der Waals surface area (Å²) < 4.78 is 5.98. The van der Waals surface area contributed by atoms with E-state index < -0.39 is 0 Å². The molecule has 0 saturated heterocycles.